The summed E-state index contributed by atoms with van der Waals surface area (Å²) in [5, 5.41) is 3.97. The molecule has 0 bridgehead atoms. The van der Waals surface area contributed by atoms with E-state index in [4.69, 9.17) is 4.52 Å². The summed E-state index contributed by atoms with van der Waals surface area (Å²) in [6.07, 6.45) is 0.650. The molecule has 1 amide bonds. The first-order valence-electron chi connectivity index (χ1n) is 9.41. The number of rotatable bonds is 6. The Labute approximate surface area is 163 Å². The molecule has 28 heavy (non-hydrogen) atoms. The number of carbonyl (C=O) groups excluding carboxylic acids is 1. The summed E-state index contributed by atoms with van der Waals surface area (Å²) in [6.45, 7) is 5.15. The third-order valence-corrected chi connectivity index (χ3v) is 4.84. The van der Waals surface area contributed by atoms with Crippen molar-refractivity contribution in [2.75, 3.05) is 13.1 Å². The lowest BCUT2D eigenvalue weighted by atomic mass is 10.1. The van der Waals surface area contributed by atoms with Gasteiger partial charge in [0, 0.05) is 31.1 Å². The van der Waals surface area contributed by atoms with Gasteiger partial charge in [-0.2, -0.15) is 0 Å². The monoisotopic (exact) mass is 374 g/mol. The molecule has 0 radical (unpaired) electrons. The number of hydrogen-bond donors (Lipinski definition) is 1. The molecule has 0 aliphatic heterocycles. The van der Waals surface area contributed by atoms with Gasteiger partial charge in [-0.25, -0.2) is 4.98 Å². The van der Waals surface area contributed by atoms with Gasteiger partial charge in [-0.15, -0.1) is 0 Å². The Morgan fingerprint density at radius 2 is 1.96 bits per heavy atom. The normalized spacial score (nSPS) is 11.1. The number of amides is 1. The van der Waals surface area contributed by atoms with Crippen LogP contribution in [0.25, 0.3) is 22.4 Å². The summed E-state index contributed by atoms with van der Waals surface area (Å²) in [5.74, 6) is 1.33. The third-order valence-electron chi connectivity index (χ3n) is 4.84. The van der Waals surface area contributed by atoms with E-state index in [2.05, 4.69) is 15.1 Å². The minimum Gasteiger partial charge on any atom is -0.355 e. The van der Waals surface area contributed by atoms with Gasteiger partial charge in [-0.3, -0.25) is 4.79 Å². The first-order chi connectivity index (χ1) is 13.7. The van der Waals surface area contributed by atoms with Gasteiger partial charge >= 0.3 is 0 Å². The Morgan fingerprint density at radius 1 is 1.14 bits per heavy atom. The fourth-order valence-electron chi connectivity index (χ4n) is 3.27. The van der Waals surface area contributed by atoms with Crippen molar-refractivity contribution in [3.63, 3.8) is 0 Å². The van der Waals surface area contributed by atoms with Crippen LogP contribution in [0.2, 0.25) is 0 Å². The van der Waals surface area contributed by atoms with Crippen LogP contribution in [0.4, 0.5) is 0 Å². The molecule has 0 saturated heterocycles. The van der Waals surface area contributed by atoms with E-state index in [1.807, 2.05) is 62.4 Å². The number of nitrogens with one attached hydrogen (secondary N) is 1. The van der Waals surface area contributed by atoms with E-state index in [1.165, 1.54) is 0 Å². The summed E-state index contributed by atoms with van der Waals surface area (Å²) in [7, 11) is 0. The van der Waals surface area contributed by atoms with E-state index < -0.39 is 0 Å². The predicted octanol–water partition coefficient (Wildman–Crippen LogP) is 4.23. The molecule has 142 valence electrons. The zero-order chi connectivity index (χ0) is 19.5. The van der Waals surface area contributed by atoms with Gasteiger partial charge in [0.25, 0.3) is 5.91 Å². The maximum Gasteiger partial charge on any atom is 0.276 e. The van der Waals surface area contributed by atoms with Crippen LogP contribution in [0.5, 0.6) is 0 Å². The SMILES string of the molecule is CCN(CCc1nc2c(C)cccc2[nH]1)C(=O)c1cc(-c2ccccc2)on1. The lowest BCUT2D eigenvalue weighted by molar-refractivity contribution is 0.0755. The topological polar surface area (TPSA) is 75.0 Å². The van der Waals surface area contributed by atoms with Crippen molar-refractivity contribution in [3.05, 3.63) is 71.7 Å². The molecule has 0 aliphatic carbocycles. The van der Waals surface area contributed by atoms with E-state index in [-0.39, 0.29) is 5.91 Å². The molecule has 6 nitrogen and oxygen atoms in total. The van der Waals surface area contributed by atoms with Crippen LogP contribution in [0.3, 0.4) is 0 Å². The molecule has 0 spiro atoms. The van der Waals surface area contributed by atoms with Crippen LogP contribution in [0, 0.1) is 6.92 Å². The van der Waals surface area contributed by atoms with Crippen LogP contribution >= 0.6 is 0 Å². The first-order valence-corrected chi connectivity index (χ1v) is 9.41. The zero-order valence-corrected chi connectivity index (χ0v) is 16.0. The Bertz CT molecular complexity index is 1100. The Kier molecular flexibility index (Phi) is 4.93. The van der Waals surface area contributed by atoms with Crippen molar-refractivity contribution in [1.82, 2.24) is 20.0 Å². The highest BCUT2D eigenvalue weighted by atomic mass is 16.5. The van der Waals surface area contributed by atoms with Crippen molar-refractivity contribution in [3.8, 4) is 11.3 Å². The average molecular weight is 374 g/mol. The summed E-state index contributed by atoms with van der Waals surface area (Å²) in [6, 6.07) is 17.4. The standard InChI is InChI=1S/C22H22N4O2/c1-3-26(13-12-20-23-17-11-7-8-15(2)21(17)24-20)22(27)18-14-19(28-25-18)16-9-5-4-6-10-16/h4-11,14H,3,12-13H2,1-2H3,(H,23,24). The van der Waals surface area contributed by atoms with Gasteiger partial charge in [0.15, 0.2) is 11.5 Å². The predicted molar refractivity (Wildman–Crippen MR) is 108 cm³/mol. The van der Waals surface area contributed by atoms with Crippen LogP contribution < -0.4 is 0 Å². The van der Waals surface area contributed by atoms with Crippen LogP contribution in [-0.2, 0) is 6.42 Å². The molecule has 1 N–H and O–H groups in total. The number of nitrogens with zero attached hydrogens (tertiary/aromatic N) is 3. The molecular formula is C22H22N4O2. The molecule has 2 aromatic carbocycles. The Morgan fingerprint density at radius 3 is 2.71 bits per heavy atom. The number of para-hydroxylation sites is 1. The number of hydrogen-bond acceptors (Lipinski definition) is 4. The number of H-pyrrole nitrogens is 1. The summed E-state index contributed by atoms with van der Waals surface area (Å²) >= 11 is 0. The smallest absolute Gasteiger partial charge is 0.276 e. The Balaban J connectivity index is 1.47. The molecule has 0 aliphatic rings. The quantitative estimate of drug-likeness (QED) is 0.548. The number of aryl methyl sites for hydroxylation is 1. The molecule has 0 atom stereocenters. The van der Waals surface area contributed by atoms with Crippen molar-refractivity contribution in [2.24, 2.45) is 0 Å². The number of carbonyl (C=O) groups is 1. The van der Waals surface area contributed by atoms with Crippen molar-refractivity contribution >= 4 is 16.9 Å². The summed E-state index contributed by atoms with van der Waals surface area (Å²) in [4.78, 5) is 22.6. The van der Waals surface area contributed by atoms with E-state index in [0.717, 1.165) is 28.0 Å². The lowest BCUT2D eigenvalue weighted by Crippen LogP contribution is -2.33. The van der Waals surface area contributed by atoms with Crippen LogP contribution in [0.15, 0.2) is 59.1 Å². The number of aromatic nitrogens is 3. The van der Waals surface area contributed by atoms with Crippen LogP contribution in [0.1, 0.15) is 28.8 Å². The molecule has 0 fully saturated rings. The number of aromatic amines is 1. The second-order valence-electron chi connectivity index (χ2n) is 6.73. The molecule has 0 saturated carbocycles. The highest BCUT2D eigenvalue weighted by molar-refractivity contribution is 5.93. The van der Waals surface area contributed by atoms with Gasteiger partial charge in [0.05, 0.1) is 11.0 Å². The fraction of sp³-hybridized carbons (Fsp3) is 0.227. The molecule has 2 heterocycles. The Hall–Kier alpha value is -3.41. The largest absolute Gasteiger partial charge is 0.355 e. The van der Waals surface area contributed by atoms with Crippen molar-refractivity contribution in [1.29, 1.82) is 0 Å². The van der Waals surface area contributed by atoms with E-state index in [1.54, 1.807) is 11.0 Å². The number of fused-ring (bicyclic) bond motifs is 1. The zero-order valence-electron chi connectivity index (χ0n) is 16.0. The van der Waals surface area contributed by atoms with E-state index >= 15 is 0 Å². The molecule has 0 unspecified atom stereocenters. The summed E-state index contributed by atoms with van der Waals surface area (Å²) in [5.41, 5.74) is 4.36. The molecular weight excluding hydrogens is 352 g/mol. The third kappa shape index (κ3) is 3.53. The molecule has 2 aromatic heterocycles. The number of likely N-dealkylation sites (N-methyl/N-ethyl adjacent to an activating group) is 1. The maximum absolute atomic E-state index is 12.8. The van der Waals surface area contributed by atoms with Gasteiger partial charge in [-0.05, 0) is 25.5 Å². The van der Waals surface area contributed by atoms with Crippen molar-refractivity contribution in [2.45, 2.75) is 20.3 Å². The minimum absolute atomic E-state index is 0.138. The highest BCUT2D eigenvalue weighted by Gasteiger charge is 2.19. The molecule has 4 rings (SSSR count). The number of imidazole rings is 1. The minimum atomic E-state index is -0.138. The van der Waals surface area contributed by atoms with Gasteiger partial charge < -0.3 is 14.4 Å². The maximum atomic E-state index is 12.8. The van der Waals surface area contributed by atoms with Gasteiger partial charge in [0.1, 0.15) is 5.82 Å². The van der Waals surface area contributed by atoms with E-state index in [0.29, 0.717) is 31.0 Å². The lowest BCUT2D eigenvalue weighted by Gasteiger charge is -2.18. The first kappa shape index (κ1) is 18.0. The second-order valence-corrected chi connectivity index (χ2v) is 6.73. The molecule has 6 heteroatoms. The van der Waals surface area contributed by atoms with Gasteiger partial charge in [0.2, 0.25) is 0 Å². The average Bonchev–Trinajstić information content (AvgIpc) is 3.37. The van der Waals surface area contributed by atoms with Gasteiger partial charge in [-0.1, -0.05) is 47.6 Å². The highest BCUT2D eigenvalue weighted by Crippen LogP contribution is 2.21. The molecule has 4 aromatic rings. The van der Waals surface area contributed by atoms with E-state index in [9.17, 15) is 4.79 Å². The van der Waals surface area contributed by atoms with Crippen molar-refractivity contribution < 1.29 is 9.32 Å². The number of benzene rings is 2. The summed E-state index contributed by atoms with van der Waals surface area (Å²) < 4.78 is 5.37. The second kappa shape index (κ2) is 7.68. The van der Waals surface area contributed by atoms with Crippen LogP contribution in [-0.4, -0.2) is 39.0 Å². The fourth-order valence-corrected chi connectivity index (χ4v) is 3.27.